The Morgan fingerprint density at radius 2 is 2.15 bits per heavy atom. The van der Waals surface area contributed by atoms with E-state index in [-0.39, 0.29) is 5.92 Å². The largest absolute Gasteiger partial charge is 0.385 e. The Hall–Kier alpha value is -0.570. The first-order chi connectivity index (χ1) is 6.16. The van der Waals surface area contributed by atoms with Crippen LogP contribution in [0.15, 0.2) is 0 Å². The van der Waals surface area contributed by atoms with Crippen LogP contribution in [0.3, 0.4) is 0 Å². The van der Waals surface area contributed by atoms with Gasteiger partial charge in [0.2, 0.25) is 0 Å². The van der Waals surface area contributed by atoms with Crippen LogP contribution >= 0.6 is 0 Å². The zero-order chi connectivity index (χ0) is 9.84. The molecule has 0 spiro atoms. The van der Waals surface area contributed by atoms with Crippen molar-refractivity contribution in [2.24, 2.45) is 5.92 Å². The van der Waals surface area contributed by atoms with Gasteiger partial charge >= 0.3 is 0 Å². The van der Waals surface area contributed by atoms with Crippen LogP contribution in [-0.2, 0) is 0 Å². The summed E-state index contributed by atoms with van der Waals surface area (Å²) in [5.41, 5.74) is 0. The van der Waals surface area contributed by atoms with Crippen LogP contribution in [0.4, 0.5) is 0 Å². The average Bonchev–Trinajstić information content (AvgIpc) is 2.34. The molecule has 1 aliphatic rings. The maximum atomic E-state index is 9.51. The van der Waals surface area contributed by atoms with Gasteiger partial charge in [-0.1, -0.05) is 33.1 Å². The second-order valence-electron chi connectivity index (χ2n) is 3.96. The standard InChI is InChI=1S/C10H20N2O/c1-3-4-5-6-8-7(2)9(13)10(11)12-8/h7-9,13H,3-6H2,1-2H3,(H2,11,12)/t7-,8+,9-/m0/s1. The fourth-order valence-electron chi connectivity index (χ4n) is 1.85. The minimum atomic E-state index is -0.563. The van der Waals surface area contributed by atoms with E-state index in [2.05, 4.69) is 12.2 Å². The monoisotopic (exact) mass is 184 g/mol. The number of rotatable bonds is 4. The summed E-state index contributed by atoms with van der Waals surface area (Å²) < 4.78 is 0. The topological polar surface area (TPSA) is 56.1 Å². The van der Waals surface area contributed by atoms with Crippen molar-refractivity contribution in [1.82, 2.24) is 5.32 Å². The quantitative estimate of drug-likeness (QED) is 0.580. The number of unbranched alkanes of at least 4 members (excludes halogenated alkanes) is 2. The van der Waals surface area contributed by atoms with Crippen molar-refractivity contribution in [3.8, 4) is 0 Å². The van der Waals surface area contributed by atoms with Crippen LogP contribution in [0.2, 0.25) is 0 Å². The van der Waals surface area contributed by atoms with E-state index < -0.39 is 6.10 Å². The molecule has 1 heterocycles. The summed E-state index contributed by atoms with van der Waals surface area (Å²) in [6.45, 7) is 4.19. The van der Waals surface area contributed by atoms with Gasteiger partial charge in [0.05, 0.1) is 0 Å². The maximum absolute atomic E-state index is 9.51. The molecule has 0 radical (unpaired) electrons. The molecule has 3 N–H and O–H groups in total. The number of aliphatic hydroxyl groups is 1. The minimum absolute atomic E-state index is 0.198. The van der Waals surface area contributed by atoms with Gasteiger partial charge in [-0.05, 0) is 6.42 Å². The lowest BCUT2D eigenvalue weighted by molar-refractivity contribution is 0.179. The molecule has 0 aromatic rings. The summed E-state index contributed by atoms with van der Waals surface area (Å²) in [6.07, 6.45) is 4.18. The third kappa shape index (κ3) is 2.44. The van der Waals surface area contributed by atoms with Gasteiger partial charge in [0, 0.05) is 12.0 Å². The van der Waals surface area contributed by atoms with Gasteiger partial charge in [0.1, 0.15) is 11.9 Å². The van der Waals surface area contributed by atoms with E-state index in [1.807, 2.05) is 6.92 Å². The molecule has 0 amide bonds. The Labute approximate surface area is 80.0 Å². The zero-order valence-corrected chi connectivity index (χ0v) is 8.51. The first-order valence-corrected chi connectivity index (χ1v) is 5.19. The van der Waals surface area contributed by atoms with Gasteiger partial charge in [0.25, 0.3) is 0 Å². The third-order valence-corrected chi connectivity index (χ3v) is 2.89. The Kier molecular flexibility index (Phi) is 3.72. The van der Waals surface area contributed by atoms with E-state index in [0.717, 1.165) is 6.42 Å². The number of aliphatic hydroxyl groups excluding tert-OH is 1. The fourth-order valence-corrected chi connectivity index (χ4v) is 1.85. The second kappa shape index (κ2) is 4.61. The predicted molar refractivity (Wildman–Crippen MR) is 54.0 cm³/mol. The molecule has 1 saturated heterocycles. The summed E-state index contributed by atoms with van der Waals surface area (Å²) in [4.78, 5) is 0. The molecule has 0 saturated carbocycles. The van der Waals surface area contributed by atoms with Crippen molar-refractivity contribution in [1.29, 1.82) is 5.41 Å². The van der Waals surface area contributed by atoms with E-state index in [4.69, 9.17) is 5.41 Å². The van der Waals surface area contributed by atoms with Gasteiger partial charge in [0.15, 0.2) is 0 Å². The number of amidine groups is 1. The molecule has 0 unspecified atom stereocenters. The van der Waals surface area contributed by atoms with Crippen LogP contribution in [0.25, 0.3) is 0 Å². The summed E-state index contributed by atoms with van der Waals surface area (Å²) >= 11 is 0. The Bertz CT molecular complexity index is 182. The van der Waals surface area contributed by atoms with E-state index in [1.54, 1.807) is 0 Å². The van der Waals surface area contributed by atoms with E-state index in [9.17, 15) is 5.11 Å². The van der Waals surface area contributed by atoms with Gasteiger partial charge in [-0.3, -0.25) is 5.41 Å². The van der Waals surface area contributed by atoms with Crippen LogP contribution in [0.5, 0.6) is 0 Å². The van der Waals surface area contributed by atoms with Crippen LogP contribution in [0.1, 0.15) is 39.5 Å². The first kappa shape index (κ1) is 10.5. The van der Waals surface area contributed by atoms with Crippen molar-refractivity contribution >= 4 is 5.84 Å². The van der Waals surface area contributed by atoms with E-state index in [0.29, 0.717) is 11.9 Å². The molecule has 3 nitrogen and oxygen atoms in total. The molecule has 1 rings (SSSR count). The minimum Gasteiger partial charge on any atom is -0.385 e. The van der Waals surface area contributed by atoms with Crippen molar-refractivity contribution in [2.75, 3.05) is 0 Å². The highest BCUT2D eigenvalue weighted by Crippen LogP contribution is 2.21. The molecule has 3 heteroatoms. The lowest BCUT2D eigenvalue weighted by Crippen LogP contribution is -2.27. The lowest BCUT2D eigenvalue weighted by atomic mass is 9.96. The first-order valence-electron chi connectivity index (χ1n) is 5.19. The summed E-state index contributed by atoms with van der Waals surface area (Å²) in [7, 11) is 0. The molecule has 0 aliphatic carbocycles. The molecule has 1 fully saturated rings. The van der Waals surface area contributed by atoms with Gasteiger partial charge < -0.3 is 10.4 Å². The zero-order valence-electron chi connectivity index (χ0n) is 8.51. The molecular formula is C10H20N2O. The highest BCUT2D eigenvalue weighted by atomic mass is 16.3. The predicted octanol–water partition coefficient (Wildman–Crippen LogP) is 1.51. The summed E-state index contributed by atoms with van der Waals surface area (Å²) in [5.74, 6) is 0.498. The van der Waals surface area contributed by atoms with Crippen molar-refractivity contribution in [3.05, 3.63) is 0 Å². The Balaban J connectivity index is 2.31. The van der Waals surface area contributed by atoms with E-state index >= 15 is 0 Å². The van der Waals surface area contributed by atoms with Crippen LogP contribution in [-0.4, -0.2) is 23.1 Å². The lowest BCUT2D eigenvalue weighted by Gasteiger charge is -2.15. The average molecular weight is 184 g/mol. The van der Waals surface area contributed by atoms with Crippen LogP contribution in [0, 0.1) is 11.3 Å². The molecule has 76 valence electrons. The maximum Gasteiger partial charge on any atom is 0.123 e. The smallest absolute Gasteiger partial charge is 0.123 e. The summed E-state index contributed by atoms with van der Waals surface area (Å²) in [6, 6.07) is 0.314. The highest BCUT2D eigenvalue weighted by Gasteiger charge is 2.34. The Morgan fingerprint density at radius 1 is 1.46 bits per heavy atom. The summed E-state index contributed by atoms with van der Waals surface area (Å²) in [5, 5.41) is 20.0. The number of nitrogens with one attached hydrogen (secondary N) is 2. The third-order valence-electron chi connectivity index (χ3n) is 2.89. The molecule has 3 atom stereocenters. The number of hydrogen-bond acceptors (Lipinski definition) is 2. The molecule has 0 aromatic carbocycles. The van der Waals surface area contributed by atoms with Crippen molar-refractivity contribution in [3.63, 3.8) is 0 Å². The molecule has 0 aromatic heterocycles. The molecule has 1 aliphatic heterocycles. The Morgan fingerprint density at radius 3 is 2.62 bits per heavy atom. The SMILES string of the molecule is CCCCC[C@H]1NC(=N)[C@@H](O)[C@H]1C. The molecular weight excluding hydrogens is 164 g/mol. The van der Waals surface area contributed by atoms with Crippen LogP contribution < -0.4 is 5.32 Å². The fraction of sp³-hybridized carbons (Fsp3) is 0.900. The molecule has 0 bridgehead atoms. The normalized spacial score (nSPS) is 33.5. The van der Waals surface area contributed by atoms with Gasteiger partial charge in [-0.2, -0.15) is 0 Å². The highest BCUT2D eigenvalue weighted by molar-refractivity contribution is 5.86. The van der Waals surface area contributed by atoms with Crippen molar-refractivity contribution < 1.29 is 5.11 Å². The van der Waals surface area contributed by atoms with Crippen molar-refractivity contribution in [2.45, 2.75) is 51.7 Å². The van der Waals surface area contributed by atoms with Gasteiger partial charge in [-0.25, -0.2) is 0 Å². The number of hydrogen-bond donors (Lipinski definition) is 3. The second-order valence-corrected chi connectivity index (χ2v) is 3.96. The molecule has 13 heavy (non-hydrogen) atoms. The van der Waals surface area contributed by atoms with Gasteiger partial charge in [-0.15, -0.1) is 0 Å². The van der Waals surface area contributed by atoms with E-state index in [1.165, 1.54) is 19.3 Å².